The van der Waals surface area contributed by atoms with Gasteiger partial charge in [-0.1, -0.05) is 20.8 Å². The summed E-state index contributed by atoms with van der Waals surface area (Å²) in [6.45, 7) is 16.2. The fourth-order valence-electron chi connectivity index (χ4n) is 2.80. The van der Waals surface area contributed by atoms with Crippen LogP contribution in [0.4, 0.5) is 0 Å². The van der Waals surface area contributed by atoms with E-state index >= 15 is 0 Å². The highest BCUT2D eigenvalue weighted by molar-refractivity contribution is 6.74. The van der Waals surface area contributed by atoms with Crippen molar-refractivity contribution < 1.29 is 4.43 Å². The highest BCUT2D eigenvalue weighted by Crippen LogP contribution is 2.37. The molecule has 0 aliphatic carbocycles. The molecule has 2 aliphatic rings. The molecule has 0 bridgehead atoms. The van der Waals surface area contributed by atoms with Crippen LogP contribution < -0.4 is 5.32 Å². The second-order valence-corrected chi connectivity index (χ2v) is 12.2. The van der Waals surface area contributed by atoms with Crippen LogP contribution in [0.3, 0.4) is 0 Å². The number of nitrogens with zero attached hydrogens (tertiary/aromatic N) is 1. The molecule has 0 aromatic heterocycles. The first-order chi connectivity index (χ1) is 8.31. The molecule has 2 heterocycles. The molecule has 0 aromatic carbocycles. The summed E-state index contributed by atoms with van der Waals surface area (Å²) in [5.74, 6) is 0. The third kappa shape index (κ3) is 2.98. The van der Waals surface area contributed by atoms with Crippen molar-refractivity contribution in [1.29, 1.82) is 0 Å². The molecule has 106 valence electrons. The fraction of sp³-hybridized carbons (Fsp3) is 1.00. The van der Waals surface area contributed by atoms with E-state index in [0.29, 0.717) is 11.1 Å². The average molecular weight is 270 g/mol. The third-order valence-electron chi connectivity index (χ3n) is 5.11. The molecule has 1 N–H and O–H groups in total. The van der Waals surface area contributed by atoms with Gasteiger partial charge >= 0.3 is 0 Å². The van der Waals surface area contributed by atoms with E-state index in [0.717, 1.165) is 19.2 Å². The first-order valence-corrected chi connectivity index (χ1v) is 10.3. The molecule has 3 nitrogen and oxygen atoms in total. The van der Waals surface area contributed by atoms with Crippen molar-refractivity contribution in [3.63, 3.8) is 0 Å². The lowest BCUT2D eigenvalue weighted by molar-refractivity contribution is 0.119. The maximum absolute atomic E-state index is 6.39. The SMILES string of the molecule is CC(C)(C)[Si](C)(C)OCC1NCCN2CCCC12. The van der Waals surface area contributed by atoms with Crippen molar-refractivity contribution in [1.82, 2.24) is 10.2 Å². The lowest BCUT2D eigenvalue weighted by Gasteiger charge is -2.41. The van der Waals surface area contributed by atoms with E-state index in [-0.39, 0.29) is 0 Å². The molecule has 2 aliphatic heterocycles. The summed E-state index contributed by atoms with van der Waals surface area (Å²) in [6.07, 6.45) is 2.71. The summed E-state index contributed by atoms with van der Waals surface area (Å²) >= 11 is 0. The normalized spacial score (nSPS) is 30.5. The standard InChI is InChI=1S/C14H30N2OSi/c1-14(2,3)18(4,5)17-11-12-13-7-6-9-16(13)10-8-15-12/h12-13,15H,6-11H2,1-5H3. The molecule has 2 saturated heterocycles. The summed E-state index contributed by atoms with van der Waals surface area (Å²) < 4.78 is 6.39. The lowest BCUT2D eigenvalue weighted by atomic mass is 10.0. The van der Waals surface area contributed by atoms with Crippen LogP contribution in [0.2, 0.25) is 18.1 Å². The van der Waals surface area contributed by atoms with E-state index < -0.39 is 8.32 Å². The van der Waals surface area contributed by atoms with Gasteiger partial charge in [-0.05, 0) is 37.5 Å². The predicted molar refractivity (Wildman–Crippen MR) is 79.5 cm³/mol. The van der Waals surface area contributed by atoms with Crippen molar-refractivity contribution in [2.45, 2.75) is 63.8 Å². The van der Waals surface area contributed by atoms with Gasteiger partial charge < -0.3 is 9.74 Å². The summed E-state index contributed by atoms with van der Waals surface area (Å²) in [7, 11) is -1.59. The Morgan fingerprint density at radius 3 is 2.67 bits per heavy atom. The zero-order valence-corrected chi connectivity index (χ0v) is 13.8. The van der Waals surface area contributed by atoms with Gasteiger partial charge in [0.1, 0.15) is 0 Å². The molecular weight excluding hydrogens is 240 g/mol. The molecule has 2 atom stereocenters. The minimum Gasteiger partial charge on any atom is -0.415 e. The molecular formula is C14H30N2OSi. The predicted octanol–water partition coefficient (Wildman–Crippen LogP) is 2.44. The molecule has 2 rings (SSSR count). The second-order valence-electron chi connectivity index (χ2n) is 7.38. The van der Waals surface area contributed by atoms with Crippen LogP contribution in [0.25, 0.3) is 0 Å². The van der Waals surface area contributed by atoms with E-state index in [4.69, 9.17) is 4.43 Å². The van der Waals surface area contributed by atoms with Gasteiger partial charge in [0.15, 0.2) is 8.32 Å². The maximum Gasteiger partial charge on any atom is 0.192 e. The molecule has 0 spiro atoms. The Labute approximate surface area is 113 Å². The van der Waals surface area contributed by atoms with Gasteiger partial charge in [-0.15, -0.1) is 0 Å². The number of fused-ring (bicyclic) bond motifs is 1. The number of piperazine rings is 1. The highest BCUT2D eigenvalue weighted by atomic mass is 28.4. The summed E-state index contributed by atoms with van der Waals surface area (Å²) in [4.78, 5) is 2.65. The van der Waals surface area contributed by atoms with Crippen molar-refractivity contribution in [2.75, 3.05) is 26.2 Å². The Balaban J connectivity index is 1.90. The van der Waals surface area contributed by atoms with Crippen LogP contribution in [-0.4, -0.2) is 51.5 Å². The maximum atomic E-state index is 6.39. The number of rotatable bonds is 3. The van der Waals surface area contributed by atoms with E-state index in [1.54, 1.807) is 0 Å². The van der Waals surface area contributed by atoms with Crippen LogP contribution in [0.5, 0.6) is 0 Å². The topological polar surface area (TPSA) is 24.5 Å². The highest BCUT2D eigenvalue weighted by Gasteiger charge is 2.40. The summed E-state index contributed by atoms with van der Waals surface area (Å²) in [5, 5.41) is 3.99. The Morgan fingerprint density at radius 2 is 2.00 bits per heavy atom. The Morgan fingerprint density at radius 1 is 1.28 bits per heavy atom. The van der Waals surface area contributed by atoms with Gasteiger partial charge in [0.05, 0.1) is 6.61 Å². The van der Waals surface area contributed by atoms with Gasteiger partial charge in [-0.2, -0.15) is 0 Å². The Kier molecular flexibility index (Phi) is 4.22. The minimum atomic E-state index is -1.59. The van der Waals surface area contributed by atoms with E-state index in [9.17, 15) is 0 Å². The first-order valence-electron chi connectivity index (χ1n) is 7.43. The number of hydrogen-bond acceptors (Lipinski definition) is 3. The zero-order valence-electron chi connectivity index (χ0n) is 12.8. The van der Waals surface area contributed by atoms with Gasteiger partial charge in [0.2, 0.25) is 0 Å². The van der Waals surface area contributed by atoms with E-state index in [2.05, 4.69) is 44.1 Å². The van der Waals surface area contributed by atoms with Gasteiger partial charge in [0, 0.05) is 25.2 Å². The van der Waals surface area contributed by atoms with Crippen LogP contribution >= 0.6 is 0 Å². The first kappa shape index (κ1) is 14.5. The molecule has 0 saturated carbocycles. The van der Waals surface area contributed by atoms with Crippen molar-refractivity contribution in [3.8, 4) is 0 Å². The summed E-state index contributed by atoms with van der Waals surface area (Å²) in [6, 6.07) is 1.28. The monoisotopic (exact) mass is 270 g/mol. The molecule has 0 amide bonds. The third-order valence-corrected chi connectivity index (χ3v) is 9.61. The van der Waals surface area contributed by atoms with E-state index in [1.807, 2.05) is 0 Å². The van der Waals surface area contributed by atoms with Crippen LogP contribution in [-0.2, 0) is 4.43 Å². The molecule has 0 aromatic rings. The molecule has 4 heteroatoms. The van der Waals surface area contributed by atoms with Crippen LogP contribution in [0.1, 0.15) is 33.6 Å². The van der Waals surface area contributed by atoms with Gasteiger partial charge in [-0.25, -0.2) is 0 Å². The minimum absolute atomic E-state index is 0.316. The largest absolute Gasteiger partial charge is 0.415 e. The van der Waals surface area contributed by atoms with E-state index in [1.165, 1.54) is 25.9 Å². The van der Waals surface area contributed by atoms with Gasteiger partial charge in [-0.3, -0.25) is 4.90 Å². The zero-order chi connectivity index (χ0) is 13.4. The lowest BCUT2D eigenvalue weighted by Crippen LogP contribution is -2.58. The average Bonchev–Trinajstić information content (AvgIpc) is 2.73. The molecule has 0 radical (unpaired) electrons. The molecule has 2 fully saturated rings. The number of nitrogens with one attached hydrogen (secondary N) is 1. The van der Waals surface area contributed by atoms with Crippen LogP contribution in [0, 0.1) is 0 Å². The Hall–Kier alpha value is 0.0969. The smallest absolute Gasteiger partial charge is 0.192 e. The summed E-state index contributed by atoms with van der Waals surface area (Å²) in [5.41, 5.74) is 0. The molecule has 2 unspecified atom stereocenters. The quantitative estimate of drug-likeness (QED) is 0.797. The second kappa shape index (κ2) is 5.23. The number of hydrogen-bond donors (Lipinski definition) is 1. The van der Waals surface area contributed by atoms with Gasteiger partial charge in [0.25, 0.3) is 0 Å². The van der Waals surface area contributed by atoms with Crippen molar-refractivity contribution in [2.24, 2.45) is 0 Å². The Bertz CT molecular complexity index is 288. The van der Waals surface area contributed by atoms with Crippen molar-refractivity contribution >= 4 is 8.32 Å². The van der Waals surface area contributed by atoms with Crippen molar-refractivity contribution in [3.05, 3.63) is 0 Å². The fourth-order valence-corrected chi connectivity index (χ4v) is 3.83. The van der Waals surface area contributed by atoms with Crippen LogP contribution in [0.15, 0.2) is 0 Å². The molecule has 18 heavy (non-hydrogen) atoms.